The molecule has 0 amide bonds. The van der Waals surface area contributed by atoms with E-state index in [4.69, 9.17) is 0 Å². The van der Waals surface area contributed by atoms with Gasteiger partial charge in [0.2, 0.25) is 0 Å². The summed E-state index contributed by atoms with van der Waals surface area (Å²) in [5.41, 5.74) is 0.180. The van der Waals surface area contributed by atoms with Crippen LogP contribution in [0.4, 0.5) is 15.8 Å². The number of fused-ring (bicyclic) bond motifs is 2. The standard InChI is InChI=1S/C18H24FN3O3/c19-16-9-14(22(24)25)3-4-17(16)21-7-1-2-12(11-21)18-6-5-13(20-18)8-15(23)10-18/h3-4,9,12-13,15,20,23H,1-2,5-8,10-11H2. The zero-order chi connectivity index (χ0) is 17.6. The number of halogens is 1. The second-order valence-corrected chi connectivity index (χ2v) is 7.81. The first kappa shape index (κ1) is 16.7. The molecule has 3 aliphatic rings. The summed E-state index contributed by atoms with van der Waals surface area (Å²) >= 11 is 0. The van der Waals surface area contributed by atoms with Crippen molar-refractivity contribution in [2.24, 2.45) is 5.92 Å². The summed E-state index contributed by atoms with van der Waals surface area (Å²) in [6.45, 7) is 1.48. The summed E-state index contributed by atoms with van der Waals surface area (Å²) in [5.74, 6) is -0.177. The molecule has 2 N–H and O–H groups in total. The Morgan fingerprint density at radius 2 is 2.24 bits per heavy atom. The maximum absolute atomic E-state index is 14.4. The number of hydrogen-bond acceptors (Lipinski definition) is 5. The molecule has 0 radical (unpaired) electrons. The van der Waals surface area contributed by atoms with Gasteiger partial charge < -0.3 is 15.3 Å². The van der Waals surface area contributed by atoms with E-state index in [9.17, 15) is 19.6 Å². The third kappa shape index (κ3) is 3.00. The quantitative estimate of drug-likeness (QED) is 0.648. The van der Waals surface area contributed by atoms with Crippen LogP contribution in [-0.4, -0.2) is 40.8 Å². The van der Waals surface area contributed by atoms with Gasteiger partial charge in [0.15, 0.2) is 5.82 Å². The summed E-state index contributed by atoms with van der Waals surface area (Å²) in [6, 6.07) is 4.30. The van der Waals surface area contributed by atoms with Crippen molar-refractivity contribution in [2.75, 3.05) is 18.0 Å². The molecule has 2 bridgehead atoms. The highest BCUT2D eigenvalue weighted by Crippen LogP contribution is 2.44. The lowest BCUT2D eigenvalue weighted by Gasteiger charge is -2.47. The van der Waals surface area contributed by atoms with Crippen LogP contribution in [0.3, 0.4) is 0 Å². The van der Waals surface area contributed by atoms with E-state index in [1.807, 2.05) is 4.90 Å². The fourth-order valence-corrected chi connectivity index (χ4v) is 5.15. The van der Waals surface area contributed by atoms with Gasteiger partial charge in [0.1, 0.15) is 0 Å². The normalized spacial score (nSPS) is 35.0. The van der Waals surface area contributed by atoms with E-state index in [2.05, 4.69) is 5.32 Å². The Morgan fingerprint density at radius 3 is 3.00 bits per heavy atom. The molecule has 3 aliphatic heterocycles. The number of nitrogens with one attached hydrogen (secondary N) is 1. The summed E-state index contributed by atoms with van der Waals surface area (Å²) in [5, 5.41) is 24.8. The molecule has 6 nitrogen and oxygen atoms in total. The molecule has 4 rings (SSSR count). The molecule has 25 heavy (non-hydrogen) atoms. The molecule has 0 saturated carbocycles. The lowest BCUT2D eigenvalue weighted by molar-refractivity contribution is -0.385. The van der Waals surface area contributed by atoms with E-state index < -0.39 is 10.7 Å². The Hall–Kier alpha value is -1.73. The number of benzene rings is 1. The van der Waals surface area contributed by atoms with Crippen LogP contribution in [0.5, 0.6) is 0 Å². The molecule has 1 aromatic rings. The fraction of sp³-hybridized carbons (Fsp3) is 0.667. The highest BCUT2D eigenvalue weighted by Gasteiger charge is 2.50. The average molecular weight is 349 g/mol. The topological polar surface area (TPSA) is 78.6 Å². The van der Waals surface area contributed by atoms with Crippen molar-refractivity contribution < 1.29 is 14.4 Å². The van der Waals surface area contributed by atoms with Crippen molar-refractivity contribution in [2.45, 2.75) is 56.2 Å². The molecule has 3 heterocycles. The van der Waals surface area contributed by atoms with Crippen LogP contribution >= 0.6 is 0 Å². The molecule has 136 valence electrons. The number of piperidine rings is 2. The molecular formula is C18H24FN3O3. The number of aliphatic hydroxyl groups excluding tert-OH is 1. The molecule has 0 spiro atoms. The van der Waals surface area contributed by atoms with Gasteiger partial charge in [0, 0.05) is 30.7 Å². The van der Waals surface area contributed by atoms with Gasteiger partial charge in [-0.1, -0.05) is 0 Å². The minimum atomic E-state index is -0.573. The largest absolute Gasteiger partial charge is 0.393 e. The summed E-state index contributed by atoms with van der Waals surface area (Å²) in [4.78, 5) is 12.2. The van der Waals surface area contributed by atoms with Gasteiger partial charge in [-0.15, -0.1) is 0 Å². The third-order valence-corrected chi connectivity index (χ3v) is 6.27. The van der Waals surface area contributed by atoms with Gasteiger partial charge in [0.25, 0.3) is 5.69 Å². The fourth-order valence-electron chi connectivity index (χ4n) is 5.15. The predicted molar refractivity (Wildman–Crippen MR) is 92.1 cm³/mol. The van der Waals surface area contributed by atoms with Crippen molar-refractivity contribution in [3.8, 4) is 0 Å². The second kappa shape index (κ2) is 6.21. The lowest BCUT2D eigenvalue weighted by Crippen LogP contribution is -2.59. The molecular weight excluding hydrogens is 325 g/mol. The van der Waals surface area contributed by atoms with E-state index in [1.165, 1.54) is 12.1 Å². The van der Waals surface area contributed by atoms with Crippen molar-refractivity contribution >= 4 is 11.4 Å². The number of non-ortho nitro benzene ring substituents is 1. The lowest BCUT2D eigenvalue weighted by atomic mass is 9.73. The Labute approximate surface area is 146 Å². The molecule has 4 atom stereocenters. The van der Waals surface area contributed by atoms with Crippen LogP contribution in [0.1, 0.15) is 38.5 Å². The van der Waals surface area contributed by atoms with Crippen molar-refractivity contribution in [3.63, 3.8) is 0 Å². The second-order valence-electron chi connectivity index (χ2n) is 7.81. The first-order chi connectivity index (χ1) is 12.0. The Morgan fingerprint density at radius 1 is 1.40 bits per heavy atom. The molecule has 1 aromatic carbocycles. The minimum absolute atomic E-state index is 0.0434. The van der Waals surface area contributed by atoms with E-state index in [0.29, 0.717) is 17.6 Å². The smallest absolute Gasteiger partial charge is 0.272 e. The van der Waals surface area contributed by atoms with Crippen LogP contribution in [0.2, 0.25) is 0 Å². The monoisotopic (exact) mass is 349 g/mol. The van der Waals surface area contributed by atoms with Crippen LogP contribution in [-0.2, 0) is 0 Å². The van der Waals surface area contributed by atoms with Crippen molar-refractivity contribution in [1.82, 2.24) is 5.32 Å². The zero-order valence-corrected chi connectivity index (χ0v) is 14.2. The third-order valence-electron chi connectivity index (χ3n) is 6.27. The average Bonchev–Trinajstić information content (AvgIpc) is 2.91. The Kier molecular flexibility index (Phi) is 4.16. The SMILES string of the molecule is O=[N+]([O-])c1ccc(N2CCCC(C34CCC(CC(O)C3)N4)C2)c(F)c1. The maximum Gasteiger partial charge on any atom is 0.272 e. The van der Waals surface area contributed by atoms with Crippen molar-refractivity contribution in [1.29, 1.82) is 0 Å². The predicted octanol–water partition coefficient (Wildman–Crippen LogP) is 2.60. The summed E-state index contributed by atoms with van der Waals surface area (Å²) in [7, 11) is 0. The molecule has 4 unspecified atom stereocenters. The first-order valence-corrected chi connectivity index (χ1v) is 9.11. The van der Waals surface area contributed by atoms with Gasteiger partial charge in [0.05, 0.1) is 22.8 Å². The minimum Gasteiger partial charge on any atom is -0.393 e. The van der Waals surface area contributed by atoms with Crippen molar-refractivity contribution in [3.05, 3.63) is 34.1 Å². The number of nitro benzene ring substituents is 1. The van der Waals surface area contributed by atoms with Crippen LogP contribution in [0.25, 0.3) is 0 Å². The number of rotatable bonds is 3. The summed E-state index contributed by atoms with van der Waals surface area (Å²) in [6.07, 6.45) is 5.54. The maximum atomic E-state index is 14.4. The summed E-state index contributed by atoms with van der Waals surface area (Å²) < 4.78 is 14.4. The Bertz CT molecular complexity index is 686. The van der Waals surface area contributed by atoms with E-state index in [-0.39, 0.29) is 17.3 Å². The molecule has 3 saturated heterocycles. The van der Waals surface area contributed by atoms with Gasteiger partial charge >= 0.3 is 0 Å². The highest BCUT2D eigenvalue weighted by atomic mass is 19.1. The van der Waals surface area contributed by atoms with Gasteiger partial charge in [-0.05, 0) is 50.5 Å². The molecule has 0 aliphatic carbocycles. The van der Waals surface area contributed by atoms with E-state index in [1.54, 1.807) is 0 Å². The number of anilines is 1. The van der Waals surface area contributed by atoms with E-state index >= 15 is 0 Å². The molecule has 0 aromatic heterocycles. The number of hydrogen-bond donors (Lipinski definition) is 2. The highest BCUT2D eigenvalue weighted by molar-refractivity contribution is 5.52. The zero-order valence-electron chi connectivity index (χ0n) is 14.2. The van der Waals surface area contributed by atoms with Gasteiger partial charge in [-0.25, -0.2) is 4.39 Å². The number of nitrogens with zero attached hydrogens (tertiary/aromatic N) is 2. The van der Waals surface area contributed by atoms with Crippen LogP contribution in [0, 0.1) is 21.8 Å². The molecule has 3 fully saturated rings. The first-order valence-electron chi connectivity index (χ1n) is 9.11. The molecule has 7 heteroatoms. The number of nitro groups is 1. The number of aliphatic hydroxyl groups is 1. The van der Waals surface area contributed by atoms with Gasteiger partial charge in [-0.2, -0.15) is 0 Å². The Balaban J connectivity index is 1.54. The van der Waals surface area contributed by atoms with E-state index in [0.717, 1.165) is 57.7 Å². The van der Waals surface area contributed by atoms with Crippen LogP contribution in [0.15, 0.2) is 18.2 Å². The van der Waals surface area contributed by atoms with Gasteiger partial charge in [-0.3, -0.25) is 10.1 Å². The van der Waals surface area contributed by atoms with Crippen LogP contribution < -0.4 is 10.2 Å².